The number of hydrogen-bond acceptors (Lipinski definition) is 6. The number of carbonyl (C=O) groups excluding carboxylic acids is 1. The summed E-state index contributed by atoms with van der Waals surface area (Å²) in [6, 6.07) is 12.5. The fraction of sp³-hybridized carbons (Fsp3) is 0.448. The van der Waals surface area contributed by atoms with Crippen molar-refractivity contribution in [2.75, 3.05) is 13.1 Å². The molecule has 0 saturated carbocycles. The van der Waals surface area contributed by atoms with Crippen LogP contribution in [0.5, 0.6) is 0 Å². The van der Waals surface area contributed by atoms with Gasteiger partial charge in [-0.3, -0.25) is 9.69 Å². The quantitative estimate of drug-likeness (QED) is 0.415. The lowest BCUT2D eigenvalue weighted by atomic mass is 9.86. The number of rotatable bonds is 9. The second-order valence-corrected chi connectivity index (χ2v) is 12.2. The zero-order valence-electron chi connectivity index (χ0n) is 21.9. The third-order valence-electron chi connectivity index (χ3n) is 7.44. The Labute approximate surface area is 224 Å². The van der Waals surface area contributed by atoms with Gasteiger partial charge in [-0.25, -0.2) is 18.1 Å². The number of carbonyl (C=O) groups is 1. The summed E-state index contributed by atoms with van der Waals surface area (Å²) in [5.41, 5.74) is 4.58. The number of likely N-dealkylation sites (tertiary alicyclic amines) is 1. The van der Waals surface area contributed by atoms with E-state index >= 15 is 0 Å². The number of benzene rings is 2. The molecule has 1 aromatic heterocycles. The molecule has 1 saturated heterocycles. The fourth-order valence-corrected chi connectivity index (χ4v) is 6.80. The molecule has 2 aliphatic rings. The van der Waals surface area contributed by atoms with Crippen LogP contribution < -0.4 is 10.0 Å². The van der Waals surface area contributed by atoms with Gasteiger partial charge in [-0.15, -0.1) is 0 Å². The maximum absolute atomic E-state index is 12.9. The van der Waals surface area contributed by atoms with Crippen LogP contribution in [0, 0.1) is 0 Å². The van der Waals surface area contributed by atoms with Crippen LogP contribution in [0.3, 0.4) is 0 Å². The van der Waals surface area contributed by atoms with Gasteiger partial charge in [0.1, 0.15) is 0 Å². The van der Waals surface area contributed by atoms with E-state index in [0.29, 0.717) is 5.76 Å². The van der Waals surface area contributed by atoms with Crippen molar-refractivity contribution in [3.05, 3.63) is 71.7 Å². The van der Waals surface area contributed by atoms with Crippen LogP contribution in [0.25, 0.3) is 11.3 Å². The normalized spacial score (nSPS) is 19.0. The molecule has 1 aliphatic carbocycles. The summed E-state index contributed by atoms with van der Waals surface area (Å²) < 4.78 is 33.6. The molecule has 2 atom stereocenters. The van der Waals surface area contributed by atoms with Gasteiger partial charge >= 0.3 is 0 Å². The number of nitrogens with zero attached hydrogens (tertiary/aromatic N) is 2. The minimum absolute atomic E-state index is 0.0391. The number of sulfonamides is 1. The van der Waals surface area contributed by atoms with Gasteiger partial charge in [-0.1, -0.05) is 24.6 Å². The molecule has 1 amide bonds. The largest absolute Gasteiger partial charge is 0.444 e. The number of hydrogen-bond donors (Lipinski definition) is 2. The lowest BCUT2D eigenvalue weighted by Crippen LogP contribution is -2.39. The monoisotopic (exact) mass is 536 g/mol. The van der Waals surface area contributed by atoms with E-state index in [1.807, 2.05) is 0 Å². The number of aromatic nitrogens is 1. The van der Waals surface area contributed by atoms with Crippen LogP contribution in [0.15, 0.2) is 64.4 Å². The van der Waals surface area contributed by atoms with Crippen LogP contribution in [0.1, 0.15) is 68.2 Å². The lowest BCUT2D eigenvalue weighted by molar-refractivity contribution is -0.122. The van der Waals surface area contributed by atoms with Gasteiger partial charge in [0, 0.05) is 24.6 Å². The fourth-order valence-electron chi connectivity index (χ4n) is 5.55. The van der Waals surface area contributed by atoms with Crippen molar-refractivity contribution in [3.8, 4) is 11.3 Å². The highest BCUT2D eigenvalue weighted by Crippen LogP contribution is 2.31. The van der Waals surface area contributed by atoms with E-state index in [2.05, 4.69) is 38.1 Å². The molecule has 9 heteroatoms. The summed E-state index contributed by atoms with van der Waals surface area (Å²) in [5, 5.41) is 3.15. The second kappa shape index (κ2) is 11.8. The zero-order chi connectivity index (χ0) is 26.5. The summed E-state index contributed by atoms with van der Waals surface area (Å²) in [6.45, 7) is 5.05. The first-order valence-electron chi connectivity index (χ1n) is 13.5. The van der Waals surface area contributed by atoms with Gasteiger partial charge in [0.05, 0.1) is 17.1 Å². The van der Waals surface area contributed by atoms with Gasteiger partial charge in [-0.05, 0) is 93.1 Å². The smallest absolute Gasteiger partial charge is 0.240 e. The highest BCUT2D eigenvalue weighted by molar-refractivity contribution is 7.89. The molecule has 1 fully saturated rings. The van der Waals surface area contributed by atoms with Crippen molar-refractivity contribution in [1.29, 1.82) is 0 Å². The molecule has 0 unspecified atom stereocenters. The van der Waals surface area contributed by atoms with Crippen molar-refractivity contribution in [2.24, 2.45) is 0 Å². The van der Waals surface area contributed by atoms with Crippen LogP contribution in [-0.2, 0) is 27.8 Å². The molecule has 2 heterocycles. The molecule has 0 bridgehead atoms. The number of aryl methyl sites for hydroxylation is 1. The maximum Gasteiger partial charge on any atom is 0.240 e. The second-order valence-electron chi connectivity index (χ2n) is 10.5. The number of piperidine rings is 1. The van der Waals surface area contributed by atoms with Crippen molar-refractivity contribution < 1.29 is 17.6 Å². The first kappa shape index (κ1) is 26.6. The molecule has 1 aliphatic heterocycles. The highest BCUT2D eigenvalue weighted by Gasteiger charge is 2.25. The van der Waals surface area contributed by atoms with E-state index in [-0.39, 0.29) is 23.3 Å². The number of fused-ring (bicyclic) bond motifs is 1. The maximum atomic E-state index is 12.9. The molecule has 0 radical (unpaired) electrons. The Hall–Kier alpha value is -3.01. The summed E-state index contributed by atoms with van der Waals surface area (Å²) >= 11 is 0. The van der Waals surface area contributed by atoms with Crippen LogP contribution in [0.2, 0.25) is 0 Å². The van der Waals surface area contributed by atoms with Gasteiger partial charge < -0.3 is 9.73 Å². The first-order chi connectivity index (χ1) is 18.4. The first-order valence-corrected chi connectivity index (χ1v) is 15.0. The molecule has 202 valence electrons. The summed E-state index contributed by atoms with van der Waals surface area (Å²) in [4.78, 5) is 19.4. The average Bonchev–Trinajstić information content (AvgIpc) is 3.44. The third-order valence-corrected chi connectivity index (χ3v) is 9.05. The Morgan fingerprint density at radius 2 is 1.89 bits per heavy atom. The molecule has 38 heavy (non-hydrogen) atoms. The molecule has 3 aromatic rings. The van der Waals surface area contributed by atoms with E-state index in [4.69, 9.17) is 4.42 Å². The Balaban J connectivity index is 1.16. The zero-order valence-corrected chi connectivity index (χ0v) is 22.7. The Kier molecular flexibility index (Phi) is 8.26. The Morgan fingerprint density at radius 1 is 1.11 bits per heavy atom. The number of oxazole rings is 1. The standard InChI is InChI=1S/C29H36N4O4S/c1-21(32-38(35,36)25-11-9-23(10-12-25)28-18-30-20-37-28)16-29(34)31-27-7-5-6-24-17-22(8-13-26(24)27)19-33-14-3-2-4-15-33/h8-13,17-18,20-21,27,32H,2-7,14-16,19H2,1H3,(H,31,34)/t21-,27+/m0/s1. The van der Waals surface area contributed by atoms with Gasteiger partial charge in [0.25, 0.3) is 0 Å². The molecular weight excluding hydrogens is 500 g/mol. The van der Waals surface area contributed by atoms with Crippen molar-refractivity contribution in [3.63, 3.8) is 0 Å². The van der Waals surface area contributed by atoms with E-state index in [0.717, 1.165) is 31.4 Å². The topological polar surface area (TPSA) is 105 Å². The van der Waals surface area contributed by atoms with Crippen molar-refractivity contribution in [2.45, 2.75) is 75.4 Å². The Morgan fingerprint density at radius 3 is 2.63 bits per heavy atom. The minimum Gasteiger partial charge on any atom is -0.444 e. The predicted molar refractivity (Wildman–Crippen MR) is 146 cm³/mol. The van der Waals surface area contributed by atoms with E-state index < -0.39 is 16.1 Å². The lowest BCUT2D eigenvalue weighted by Gasteiger charge is -2.29. The molecule has 2 N–H and O–H groups in total. The van der Waals surface area contributed by atoms with E-state index in [1.165, 1.54) is 67.6 Å². The van der Waals surface area contributed by atoms with E-state index in [1.54, 1.807) is 25.3 Å². The molecule has 8 nitrogen and oxygen atoms in total. The summed E-state index contributed by atoms with van der Waals surface area (Å²) in [7, 11) is -3.77. The van der Waals surface area contributed by atoms with E-state index in [9.17, 15) is 13.2 Å². The summed E-state index contributed by atoms with van der Waals surface area (Å²) in [6.07, 6.45) is 9.80. The van der Waals surface area contributed by atoms with Crippen LogP contribution >= 0.6 is 0 Å². The number of amides is 1. The Bertz CT molecular complexity index is 1330. The minimum atomic E-state index is -3.77. The van der Waals surface area contributed by atoms with Gasteiger partial charge in [-0.2, -0.15) is 0 Å². The van der Waals surface area contributed by atoms with Crippen LogP contribution in [-0.4, -0.2) is 43.3 Å². The van der Waals surface area contributed by atoms with Crippen LogP contribution in [0.4, 0.5) is 0 Å². The van der Waals surface area contributed by atoms with Crippen molar-refractivity contribution in [1.82, 2.24) is 19.9 Å². The summed E-state index contributed by atoms with van der Waals surface area (Å²) in [5.74, 6) is 0.408. The van der Waals surface area contributed by atoms with Crippen molar-refractivity contribution >= 4 is 15.9 Å². The van der Waals surface area contributed by atoms with Gasteiger partial charge in [0.15, 0.2) is 12.2 Å². The molecule has 0 spiro atoms. The molecular formula is C29H36N4O4S. The predicted octanol–water partition coefficient (Wildman–Crippen LogP) is 4.58. The van der Waals surface area contributed by atoms with Gasteiger partial charge in [0.2, 0.25) is 15.9 Å². The average molecular weight is 537 g/mol. The SMILES string of the molecule is C[C@@H](CC(=O)N[C@@H]1CCCc2cc(CN3CCCCC3)ccc21)NS(=O)(=O)c1ccc(-c2cnco2)cc1. The highest BCUT2D eigenvalue weighted by atomic mass is 32.2. The number of nitrogens with one attached hydrogen (secondary N) is 2. The third kappa shape index (κ3) is 6.51. The molecule has 2 aromatic carbocycles. The molecule has 5 rings (SSSR count).